The number of rotatable bonds is 4. The number of benzene rings is 1. The maximum Gasteiger partial charge on any atom is 0.178 e. The summed E-state index contributed by atoms with van der Waals surface area (Å²) in [6.07, 6.45) is 5.25. The lowest BCUT2D eigenvalue weighted by molar-refractivity contribution is 0.0533. The first-order valence-corrected chi connectivity index (χ1v) is 7.15. The van der Waals surface area contributed by atoms with Gasteiger partial charge in [-0.1, -0.05) is 18.9 Å². The zero-order valence-corrected chi connectivity index (χ0v) is 11.5. The summed E-state index contributed by atoms with van der Waals surface area (Å²) in [4.78, 5) is 2.92. The third kappa shape index (κ3) is 2.58. The lowest BCUT2D eigenvalue weighted by atomic mass is 10.3. The fourth-order valence-electron chi connectivity index (χ4n) is 2.73. The molecule has 3 rings (SSSR count). The van der Waals surface area contributed by atoms with Gasteiger partial charge in [0, 0.05) is 6.54 Å². The molecule has 0 unspecified atom stereocenters. The van der Waals surface area contributed by atoms with Crippen LogP contribution in [-0.4, -0.2) is 22.3 Å². The molecule has 0 spiro atoms. The monoisotopic (exact) mass is 280 g/mol. The highest BCUT2D eigenvalue weighted by atomic mass is 32.1. The summed E-state index contributed by atoms with van der Waals surface area (Å²) in [5.41, 5.74) is 1.29. The standard InChI is InChI=1S/C14H17FN2OS/c15-11-6-3-7-12-13(11)16-14(19)17(12)8-9-18-10-4-1-2-5-10/h3,6-7,10H,1-2,4-5,8-9H2,(H,16,19). The van der Waals surface area contributed by atoms with Gasteiger partial charge in [-0.15, -0.1) is 0 Å². The molecule has 1 fully saturated rings. The SMILES string of the molecule is Fc1cccc2c1[nH]c(=S)n2CCOC1CCCC1. The molecule has 19 heavy (non-hydrogen) atoms. The number of para-hydroxylation sites is 1. The van der Waals surface area contributed by atoms with Crippen molar-refractivity contribution in [3.8, 4) is 0 Å². The van der Waals surface area contributed by atoms with Gasteiger partial charge in [-0.2, -0.15) is 0 Å². The Kier molecular flexibility index (Phi) is 3.66. The first-order chi connectivity index (χ1) is 9.25. The number of fused-ring (bicyclic) bond motifs is 1. The predicted octanol–water partition coefficient (Wildman–Crippen LogP) is 3.80. The van der Waals surface area contributed by atoms with Gasteiger partial charge >= 0.3 is 0 Å². The topological polar surface area (TPSA) is 29.9 Å². The molecule has 2 aromatic rings. The molecule has 1 aliphatic rings. The first kappa shape index (κ1) is 12.8. The highest BCUT2D eigenvalue weighted by Crippen LogP contribution is 2.21. The number of nitrogens with zero attached hydrogens (tertiary/aromatic N) is 1. The molecule has 0 atom stereocenters. The number of imidazole rings is 1. The van der Waals surface area contributed by atoms with Gasteiger partial charge < -0.3 is 14.3 Å². The third-order valence-electron chi connectivity index (χ3n) is 3.73. The van der Waals surface area contributed by atoms with Crippen LogP contribution in [0.4, 0.5) is 4.39 Å². The number of halogens is 1. The summed E-state index contributed by atoms with van der Waals surface area (Å²) < 4.78 is 21.9. The molecule has 1 aromatic carbocycles. The minimum atomic E-state index is -0.265. The average Bonchev–Trinajstić information content (AvgIpc) is 3.00. The van der Waals surface area contributed by atoms with Crippen LogP contribution in [-0.2, 0) is 11.3 Å². The Labute approximate surface area is 116 Å². The molecule has 1 aromatic heterocycles. The molecule has 0 bridgehead atoms. The molecule has 0 aliphatic heterocycles. The molecule has 0 saturated heterocycles. The average molecular weight is 280 g/mol. The fraction of sp³-hybridized carbons (Fsp3) is 0.500. The molecule has 1 N–H and O–H groups in total. The number of H-pyrrole nitrogens is 1. The fourth-order valence-corrected chi connectivity index (χ4v) is 3.02. The molecule has 102 valence electrons. The zero-order chi connectivity index (χ0) is 13.2. The van der Waals surface area contributed by atoms with Gasteiger partial charge in [-0.3, -0.25) is 0 Å². The van der Waals surface area contributed by atoms with Crippen molar-refractivity contribution in [2.75, 3.05) is 6.61 Å². The van der Waals surface area contributed by atoms with Gasteiger partial charge in [0.25, 0.3) is 0 Å². The van der Waals surface area contributed by atoms with Crippen LogP contribution in [0.15, 0.2) is 18.2 Å². The highest BCUT2D eigenvalue weighted by Gasteiger charge is 2.15. The first-order valence-electron chi connectivity index (χ1n) is 6.74. The number of hydrogen-bond acceptors (Lipinski definition) is 2. The summed E-state index contributed by atoms with van der Waals surface area (Å²) >= 11 is 5.25. The predicted molar refractivity (Wildman–Crippen MR) is 75.3 cm³/mol. The quantitative estimate of drug-likeness (QED) is 0.863. The van der Waals surface area contributed by atoms with Crippen LogP contribution in [0.3, 0.4) is 0 Å². The van der Waals surface area contributed by atoms with Gasteiger partial charge in [0.1, 0.15) is 11.3 Å². The van der Waals surface area contributed by atoms with Crippen molar-refractivity contribution in [3.05, 3.63) is 28.8 Å². The van der Waals surface area contributed by atoms with Crippen LogP contribution in [0.2, 0.25) is 0 Å². The van der Waals surface area contributed by atoms with Crippen molar-refractivity contribution in [2.45, 2.75) is 38.3 Å². The van der Waals surface area contributed by atoms with Crippen LogP contribution in [0.25, 0.3) is 11.0 Å². The summed E-state index contributed by atoms with van der Waals surface area (Å²) in [5, 5.41) is 0. The molecule has 1 saturated carbocycles. The number of aromatic nitrogens is 2. The van der Waals surface area contributed by atoms with Crippen molar-refractivity contribution in [2.24, 2.45) is 0 Å². The van der Waals surface area contributed by atoms with E-state index in [1.807, 2.05) is 10.6 Å². The maximum atomic E-state index is 13.6. The van der Waals surface area contributed by atoms with E-state index in [4.69, 9.17) is 17.0 Å². The second kappa shape index (κ2) is 5.43. The van der Waals surface area contributed by atoms with Crippen LogP contribution >= 0.6 is 12.2 Å². The van der Waals surface area contributed by atoms with E-state index in [9.17, 15) is 4.39 Å². The van der Waals surface area contributed by atoms with Crippen molar-refractivity contribution in [1.82, 2.24) is 9.55 Å². The smallest absolute Gasteiger partial charge is 0.178 e. The summed E-state index contributed by atoms with van der Waals surface area (Å²) in [6.45, 7) is 1.29. The Balaban J connectivity index is 1.75. The van der Waals surface area contributed by atoms with Crippen molar-refractivity contribution < 1.29 is 9.13 Å². The Bertz CT molecular complexity index is 628. The van der Waals surface area contributed by atoms with E-state index >= 15 is 0 Å². The Morgan fingerprint density at radius 3 is 2.95 bits per heavy atom. The van der Waals surface area contributed by atoms with E-state index in [0.717, 1.165) is 18.4 Å². The van der Waals surface area contributed by atoms with E-state index in [-0.39, 0.29) is 5.82 Å². The van der Waals surface area contributed by atoms with Gasteiger partial charge in [0.2, 0.25) is 0 Å². The lowest BCUT2D eigenvalue weighted by Gasteiger charge is -2.11. The largest absolute Gasteiger partial charge is 0.376 e. The Morgan fingerprint density at radius 2 is 2.16 bits per heavy atom. The lowest BCUT2D eigenvalue weighted by Crippen LogP contribution is -2.13. The molecule has 5 heteroatoms. The normalized spacial score (nSPS) is 16.5. The Hall–Kier alpha value is -1.20. The number of nitrogens with one attached hydrogen (secondary N) is 1. The maximum absolute atomic E-state index is 13.6. The minimum absolute atomic E-state index is 0.265. The van der Waals surface area contributed by atoms with Gasteiger partial charge in [-0.25, -0.2) is 4.39 Å². The molecule has 0 amide bonds. The summed E-state index contributed by atoms with van der Waals surface area (Å²) in [7, 11) is 0. The zero-order valence-electron chi connectivity index (χ0n) is 10.7. The van der Waals surface area contributed by atoms with E-state index in [0.29, 0.717) is 29.5 Å². The third-order valence-corrected chi connectivity index (χ3v) is 4.05. The Morgan fingerprint density at radius 1 is 1.37 bits per heavy atom. The minimum Gasteiger partial charge on any atom is -0.376 e. The van der Waals surface area contributed by atoms with E-state index in [2.05, 4.69) is 4.98 Å². The van der Waals surface area contributed by atoms with E-state index in [1.54, 1.807) is 6.07 Å². The second-order valence-electron chi connectivity index (χ2n) is 4.99. The molecule has 3 nitrogen and oxygen atoms in total. The van der Waals surface area contributed by atoms with E-state index in [1.165, 1.54) is 18.9 Å². The number of aromatic amines is 1. The van der Waals surface area contributed by atoms with Gasteiger partial charge in [0.05, 0.1) is 18.2 Å². The highest BCUT2D eigenvalue weighted by molar-refractivity contribution is 7.71. The number of hydrogen-bond donors (Lipinski definition) is 1. The van der Waals surface area contributed by atoms with Crippen LogP contribution in [0, 0.1) is 10.6 Å². The van der Waals surface area contributed by atoms with Crippen molar-refractivity contribution in [3.63, 3.8) is 0 Å². The van der Waals surface area contributed by atoms with E-state index < -0.39 is 0 Å². The molecule has 1 aliphatic carbocycles. The van der Waals surface area contributed by atoms with Crippen LogP contribution in [0.5, 0.6) is 0 Å². The molecule has 0 radical (unpaired) electrons. The summed E-state index contributed by atoms with van der Waals surface area (Å²) in [5.74, 6) is -0.265. The van der Waals surface area contributed by atoms with Crippen molar-refractivity contribution in [1.29, 1.82) is 0 Å². The van der Waals surface area contributed by atoms with Gasteiger partial charge in [0.15, 0.2) is 4.77 Å². The van der Waals surface area contributed by atoms with Crippen LogP contribution < -0.4 is 0 Å². The second-order valence-corrected chi connectivity index (χ2v) is 5.38. The van der Waals surface area contributed by atoms with Crippen molar-refractivity contribution >= 4 is 23.3 Å². The van der Waals surface area contributed by atoms with Gasteiger partial charge in [-0.05, 0) is 37.2 Å². The molecular weight excluding hydrogens is 263 g/mol. The number of ether oxygens (including phenoxy) is 1. The summed E-state index contributed by atoms with van der Waals surface area (Å²) in [6, 6.07) is 5.02. The molecule has 1 heterocycles. The molecular formula is C14H17FN2OS. The van der Waals surface area contributed by atoms with Crippen LogP contribution in [0.1, 0.15) is 25.7 Å².